The van der Waals surface area contributed by atoms with Crippen molar-refractivity contribution in [3.05, 3.63) is 0 Å². The monoisotopic (exact) mass is 241 g/mol. The standard InChI is InChI=1S/C12H19NO4/c14-6-7-3-1-2-4-10(7)13-11(15)8-5-9(8)12(16)17/h7-10,14H,1-6H2,(H,13,15)(H,16,17)/t7?,8-,9+,10?/m1/s1. The summed E-state index contributed by atoms with van der Waals surface area (Å²) >= 11 is 0. The third-order valence-corrected chi connectivity index (χ3v) is 3.92. The molecule has 5 heteroatoms. The highest BCUT2D eigenvalue weighted by Crippen LogP contribution is 2.39. The minimum atomic E-state index is -0.882. The zero-order chi connectivity index (χ0) is 12.4. The summed E-state index contributed by atoms with van der Waals surface area (Å²) in [5, 5.41) is 20.9. The maximum atomic E-state index is 11.8. The van der Waals surface area contributed by atoms with Crippen LogP contribution in [0, 0.1) is 17.8 Å². The number of aliphatic carboxylic acids is 1. The molecule has 1 amide bonds. The van der Waals surface area contributed by atoms with E-state index in [4.69, 9.17) is 5.11 Å². The summed E-state index contributed by atoms with van der Waals surface area (Å²) in [4.78, 5) is 22.5. The molecule has 0 bridgehead atoms. The average molecular weight is 241 g/mol. The van der Waals surface area contributed by atoms with E-state index in [0.29, 0.717) is 6.42 Å². The molecule has 5 nitrogen and oxygen atoms in total. The molecule has 0 spiro atoms. The lowest BCUT2D eigenvalue weighted by Gasteiger charge is -2.30. The summed E-state index contributed by atoms with van der Waals surface area (Å²) in [5.74, 6) is -1.75. The van der Waals surface area contributed by atoms with Gasteiger partial charge < -0.3 is 15.5 Å². The molecule has 0 aliphatic heterocycles. The second kappa shape index (κ2) is 5.04. The van der Waals surface area contributed by atoms with Crippen LogP contribution >= 0.6 is 0 Å². The van der Waals surface area contributed by atoms with Crippen LogP contribution in [0.15, 0.2) is 0 Å². The number of carboxylic acid groups (broad SMARTS) is 1. The van der Waals surface area contributed by atoms with Gasteiger partial charge in [-0.25, -0.2) is 0 Å². The second-order valence-electron chi connectivity index (χ2n) is 5.13. The summed E-state index contributed by atoms with van der Waals surface area (Å²) in [6.45, 7) is 0.0952. The van der Waals surface area contributed by atoms with Gasteiger partial charge >= 0.3 is 5.97 Å². The SMILES string of the molecule is O=C(O)[C@H]1C[C@H]1C(=O)NC1CCCCC1CO. The number of hydrogen-bond acceptors (Lipinski definition) is 3. The molecular formula is C12H19NO4. The van der Waals surface area contributed by atoms with Gasteiger partial charge in [0.25, 0.3) is 0 Å². The first-order chi connectivity index (χ1) is 8.13. The molecule has 4 atom stereocenters. The Balaban J connectivity index is 1.84. The lowest BCUT2D eigenvalue weighted by Crippen LogP contribution is -2.44. The van der Waals surface area contributed by atoms with Gasteiger partial charge in [-0.1, -0.05) is 12.8 Å². The van der Waals surface area contributed by atoms with Crippen molar-refractivity contribution in [1.82, 2.24) is 5.32 Å². The minimum Gasteiger partial charge on any atom is -0.481 e. The number of rotatable bonds is 4. The Bertz CT molecular complexity index is 318. The van der Waals surface area contributed by atoms with Gasteiger partial charge in [-0.15, -0.1) is 0 Å². The van der Waals surface area contributed by atoms with Crippen LogP contribution in [0.4, 0.5) is 0 Å². The number of amides is 1. The number of nitrogens with one attached hydrogen (secondary N) is 1. The number of aliphatic hydroxyl groups excluding tert-OH is 1. The number of aliphatic hydroxyl groups is 1. The number of carbonyl (C=O) groups excluding carboxylic acids is 1. The van der Waals surface area contributed by atoms with Crippen molar-refractivity contribution in [3.8, 4) is 0 Å². The minimum absolute atomic E-state index is 0.0243. The summed E-state index contributed by atoms with van der Waals surface area (Å²) in [6.07, 6.45) is 4.45. The van der Waals surface area contributed by atoms with E-state index < -0.39 is 11.9 Å². The van der Waals surface area contributed by atoms with Crippen LogP contribution in [0.5, 0.6) is 0 Å². The first kappa shape index (κ1) is 12.4. The zero-order valence-electron chi connectivity index (χ0n) is 9.76. The summed E-state index contributed by atoms with van der Waals surface area (Å²) in [5.41, 5.74) is 0. The summed E-state index contributed by atoms with van der Waals surface area (Å²) in [6, 6.07) is 0.0243. The third kappa shape index (κ3) is 2.77. The molecule has 0 radical (unpaired) electrons. The predicted octanol–water partition coefficient (Wildman–Crippen LogP) is 0.374. The van der Waals surface area contributed by atoms with Crippen molar-refractivity contribution in [2.45, 2.75) is 38.1 Å². The predicted molar refractivity (Wildman–Crippen MR) is 60.2 cm³/mol. The molecule has 0 heterocycles. The van der Waals surface area contributed by atoms with E-state index in [9.17, 15) is 14.7 Å². The van der Waals surface area contributed by atoms with Gasteiger partial charge in [0.1, 0.15) is 0 Å². The second-order valence-corrected chi connectivity index (χ2v) is 5.13. The molecule has 2 unspecified atom stereocenters. The molecule has 96 valence electrons. The lowest BCUT2D eigenvalue weighted by molar-refractivity contribution is -0.140. The van der Waals surface area contributed by atoms with E-state index in [-0.39, 0.29) is 30.4 Å². The maximum absolute atomic E-state index is 11.8. The van der Waals surface area contributed by atoms with Crippen LogP contribution in [-0.2, 0) is 9.59 Å². The fraction of sp³-hybridized carbons (Fsp3) is 0.833. The fourth-order valence-corrected chi connectivity index (χ4v) is 2.66. The van der Waals surface area contributed by atoms with Crippen molar-refractivity contribution in [2.75, 3.05) is 6.61 Å². The Morgan fingerprint density at radius 1 is 1.18 bits per heavy atom. The molecule has 17 heavy (non-hydrogen) atoms. The maximum Gasteiger partial charge on any atom is 0.307 e. The van der Waals surface area contributed by atoms with Gasteiger partial charge in [0.2, 0.25) is 5.91 Å². The van der Waals surface area contributed by atoms with Crippen LogP contribution in [-0.4, -0.2) is 34.7 Å². The quantitative estimate of drug-likeness (QED) is 0.664. The molecule has 2 aliphatic carbocycles. The van der Waals surface area contributed by atoms with Crippen molar-refractivity contribution in [1.29, 1.82) is 0 Å². The Labute approximate surface area is 100 Å². The molecule has 0 aromatic carbocycles. The van der Waals surface area contributed by atoms with Gasteiger partial charge in [-0.05, 0) is 19.3 Å². The Morgan fingerprint density at radius 3 is 2.47 bits per heavy atom. The summed E-state index contributed by atoms with van der Waals surface area (Å²) < 4.78 is 0. The van der Waals surface area contributed by atoms with Crippen LogP contribution in [0.1, 0.15) is 32.1 Å². The molecule has 2 rings (SSSR count). The van der Waals surface area contributed by atoms with E-state index in [2.05, 4.69) is 5.32 Å². The van der Waals surface area contributed by atoms with E-state index >= 15 is 0 Å². The normalized spacial score (nSPS) is 36.3. The van der Waals surface area contributed by atoms with E-state index in [1.165, 1.54) is 0 Å². The molecular weight excluding hydrogens is 222 g/mol. The molecule has 2 aliphatic rings. The molecule has 2 fully saturated rings. The van der Waals surface area contributed by atoms with Gasteiger partial charge in [-0.3, -0.25) is 9.59 Å². The van der Waals surface area contributed by atoms with E-state index in [0.717, 1.165) is 25.7 Å². The Kier molecular flexibility index (Phi) is 3.66. The lowest BCUT2D eigenvalue weighted by atomic mass is 9.85. The van der Waals surface area contributed by atoms with Crippen molar-refractivity contribution in [3.63, 3.8) is 0 Å². The van der Waals surface area contributed by atoms with Crippen molar-refractivity contribution < 1.29 is 19.8 Å². The number of carboxylic acids is 1. The van der Waals surface area contributed by atoms with Crippen LogP contribution < -0.4 is 5.32 Å². The first-order valence-electron chi connectivity index (χ1n) is 6.27. The van der Waals surface area contributed by atoms with Gasteiger partial charge in [0.05, 0.1) is 11.8 Å². The van der Waals surface area contributed by atoms with Gasteiger partial charge in [0.15, 0.2) is 0 Å². The average Bonchev–Trinajstić information content (AvgIpc) is 3.09. The molecule has 3 N–H and O–H groups in total. The molecule has 0 aromatic heterocycles. The highest BCUT2D eigenvalue weighted by atomic mass is 16.4. The van der Waals surface area contributed by atoms with E-state index in [1.807, 2.05) is 0 Å². The Hall–Kier alpha value is -1.10. The van der Waals surface area contributed by atoms with Crippen LogP contribution in [0.3, 0.4) is 0 Å². The van der Waals surface area contributed by atoms with Crippen LogP contribution in [0.25, 0.3) is 0 Å². The largest absolute Gasteiger partial charge is 0.481 e. The third-order valence-electron chi connectivity index (χ3n) is 3.92. The summed E-state index contributed by atoms with van der Waals surface area (Å²) in [7, 11) is 0. The topological polar surface area (TPSA) is 86.6 Å². The van der Waals surface area contributed by atoms with Crippen molar-refractivity contribution in [2.24, 2.45) is 17.8 Å². The number of hydrogen-bond donors (Lipinski definition) is 3. The van der Waals surface area contributed by atoms with Crippen molar-refractivity contribution >= 4 is 11.9 Å². The smallest absolute Gasteiger partial charge is 0.307 e. The van der Waals surface area contributed by atoms with Crippen LogP contribution in [0.2, 0.25) is 0 Å². The Morgan fingerprint density at radius 2 is 1.88 bits per heavy atom. The molecule has 0 aromatic rings. The first-order valence-corrected chi connectivity index (χ1v) is 6.27. The van der Waals surface area contributed by atoms with Gasteiger partial charge in [-0.2, -0.15) is 0 Å². The number of carbonyl (C=O) groups is 2. The van der Waals surface area contributed by atoms with Gasteiger partial charge in [0, 0.05) is 18.6 Å². The zero-order valence-corrected chi connectivity index (χ0v) is 9.76. The fourth-order valence-electron chi connectivity index (χ4n) is 2.66. The highest BCUT2D eigenvalue weighted by molar-refractivity contribution is 5.89. The molecule has 2 saturated carbocycles. The molecule has 0 saturated heterocycles. The highest BCUT2D eigenvalue weighted by Gasteiger charge is 2.48. The van der Waals surface area contributed by atoms with E-state index in [1.54, 1.807) is 0 Å².